The molecule has 1 heterocycles. The van der Waals surface area contributed by atoms with Crippen LogP contribution in [0.4, 0.5) is 17.2 Å². The summed E-state index contributed by atoms with van der Waals surface area (Å²) in [6.45, 7) is 2.69. The molecule has 1 aromatic heterocycles. The number of anilines is 3. The van der Waals surface area contributed by atoms with Crippen LogP contribution < -0.4 is 10.2 Å². The number of rotatable bonds is 6. The van der Waals surface area contributed by atoms with Crippen molar-refractivity contribution in [2.75, 3.05) is 23.9 Å². The molecule has 3 rings (SSSR count). The number of amides is 1. The van der Waals surface area contributed by atoms with Gasteiger partial charge in [0.2, 0.25) is 0 Å². The Morgan fingerprint density at radius 2 is 1.82 bits per heavy atom. The lowest BCUT2D eigenvalue weighted by atomic mass is 10.2. The summed E-state index contributed by atoms with van der Waals surface area (Å²) in [6.07, 6.45) is 1.36. The van der Waals surface area contributed by atoms with Crippen LogP contribution in [0, 0.1) is 0 Å². The Morgan fingerprint density at radius 3 is 2.54 bits per heavy atom. The normalized spacial score (nSPS) is 10.2. The number of esters is 1. The lowest BCUT2D eigenvalue weighted by Gasteiger charge is -2.22. The fraction of sp³-hybridized carbons (Fsp3) is 0.143. The Labute approximate surface area is 163 Å². The third-order valence-electron chi connectivity index (χ3n) is 4.09. The third-order valence-corrected chi connectivity index (χ3v) is 4.09. The van der Waals surface area contributed by atoms with Crippen LogP contribution in [0.3, 0.4) is 0 Å². The van der Waals surface area contributed by atoms with Gasteiger partial charge in [-0.05, 0) is 37.3 Å². The SMILES string of the molecule is CCN(c1ccccc1)c1cc(C(=O)Nc2cccc(C(=O)OC)c2)ncn1. The van der Waals surface area contributed by atoms with Crippen molar-refractivity contribution in [3.63, 3.8) is 0 Å². The van der Waals surface area contributed by atoms with Gasteiger partial charge in [-0.2, -0.15) is 0 Å². The molecule has 0 aliphatic heterocycles. The van der Waals surface area contributed by atoms with Gasteiger partial charge in [-0.15, -0.1) is 0 Å². The molecule has 0 aliphatic rings. The van der Waals surface area contributed by atoms with Gasteiger partial charge in [0.1, 0.15) is 17.8 Å². The van der Waals surface area contributed by atoms with E-state index in [1.165, 1.54) is 13.4 Å². The van der Waals surface area contributed by atoms with E-state index in [0.717, 1.165) is 5.69 Å². The highest BCUT2D eigenvalue weighted by atomic mass is 16.5. The number of nitrogens with one attached hydrogen (secondary N) is 1. The number of nitrogens with zero attached hydrogens (tertiary/aromatic N) is 3. The van der Waals surface area contributed by atoms with E-state index in [4.69, 9.17) is 4.74 Å². The summed E-state index contributed by atoms with van der Waals surface area (Å²) in [5, 5.41) is 2.75. The van der Waals surface area contributed by atoms with E-state index in [0.29, 0.717) is 23.6 Å². The van der Waals surface area contributed by atoms with Crippen LogP contribution in [0.1, 0.15) is 27.8 Å². The molecule has 0 unspecified atom stereocenters. The lowest BCUT2D eigenvalue weighted by Crippen LogP contribution is -2.20. The molecule has 0 aliphatic carbocycles. The summed E-state index contributed by atoms with van der Waals surface area (Å²) >= 11 is 0. The first-order valence-electron chi connectivity index (χ1n) is 8.76. The van der Waals surface area contributed by atoms with Gasteiger partial charge >= 0.3 is 5.97 Å². The molecule has 7 nitrogen and oxygen atoms in total. The minimum atomic E-state index is -0.470. The molecular weight excluding hydrogens is 356 g/mol. The number of benzene rings is 2. The molecule has 0 saturated carbocycles. The molecule has 0 atom stereocenters. The van der Waals surface area contributed by atoms with Crippen LogP contribution in [0.5, 0.6) is 0 Å². The topological polar surface area (TPSA) is 84.4 Å². The average Bonchev–Trinajstić information content (AvgIpc) is 2.75. The van der Waals surface area contributed by atoms with Crippen LogP contribution >= 0.6 is 0 Å². The summed E-state index contributed by atoms with van der Waals surface area (Å²) in [4.78, 5) is 34.6. The first kappa shape index (κ1) is 19.0. The molecule has 142 valence electrons. The number of carbonyl (C=O) groups excluding carboxylic acids is 2. The molecule has 0 spiro atoms. The fourth-order valence-corrected chi connectivity index (χ4v) is 2.74. The largest absolute Gasteiger partial charge is 0.465 e. The van der Waals surface area contributed by atoms with Crippen LogP contribution in [0.2, 0.25) is 0 Å². The van der Waals surface area contributed by atoms with Gasteiger partial charge in [-0.25, -0.2) is 14.8 Å². The van der Waals surface area contributed by atoms with Crippen LogP contribution in [0.25, 0.3) is 0 Å². The highest BCUT2D eigenvalue weighted by Crippen LogP contribution is 2.23. The predicted octanol–water partition coefficient (Wildman–Crippen LogP) is 3.67. The lowest BCUT2D eigenvalue weighted by molar-refractivity contribution is 0.0600. The van der Waals surface area contributed by atoms with E-state index in [9.17, 15) is 9.59 Å². The number of methoxy groups -OCH3 is 1. The van der Waals surface area contributed by atoms with Gasteiger partial charge in [-0.1, -0.05) is 24.3 Å². The molecule has 2 aromatic carbocycles. The molecule has 0 bridgehead atoms. The Balaban J connectivity index is 1.82. The number of hydrogen-bond acceptors (Lipinski definition) is 6. The number of ether oxygens (including phenoxy) is 1. The second kappa shape index (κ2) is 8.77. The highest BCUT2D eigenvalue weighted by Gasteiger charge is 2.14. The summed E-state index contributed by atoms with van der Waals surface area (Å²) in [5.41, 5.74) is 2.03. The molecular formula is C21H20N4O3. The van der Waals surface area contributed by atoms with Crippen molar-refractivity contribution in [2.24, 2.45) is 0 Å². The monoisotopic (exact) mass is 376 g/mol. The van der Waals surface area contributed by atoms with E-state index in [-0.39, 0.29) is 5.69 Å². The summed E-state index contributed by atoms with van der Waals surface area (Å²) in [7, 11) is 1.31. The minimum absolute atomic E-state index is 0.225. The maximum absolute atomic E-state index is 12.6. The molecule has 1 N–H and O–H groups in total. The first-order chi connectivity index (χ1) is 13.6. The molecule has 7 heteroatoms. The quantitative estimate of drug-likeness (QED) is 0.661. The zero-order valence-corrected chi connectivity index (χ0v) is 15.6. The fourth-order valence-electron chi connectivity index (χ4n) is 2.74. The van der Waals surface area contributed by atoms with Crippen LogP contribution in [0.15, 0.2) is 67.0 Å². The highest BCUT2D eigenvalue weighted by molar-refractivity contribution is 6.04. The van der Waals surface area contributed by atoms with Gasteiger partial charge < -0.3 is 15.0 Å². The van der Waals surface area contributed by atoms with Crippen molar-refractivity contribution in [3.8, 4) is 0 Å². The van der Waals surface area contributed by atoms with Crippen LogP contribution in [-0.4, -0.2) is 35.5 Å². The Morgan fingerprint density at radius 1 is 1.04 bits per heavy atom. The van der Waals surface area contributed by atoms with Gasteiger partial charge in [0, 0.05) is 24.0 Å². The maximum atomic E-state index is 12.6. The summed E-state index contributed by atoms with van der Waals surface area (Å²) in [5.74, 6) is -0.242. The average molecular weight is 376 g/mol. The van der Waals surface area contributed by atoms with E-state index in [1.807, 2.05) is 42.2 Å². The second-order valence-corrected chi connectivity index (χ2v) is 5.87. The maximum Gasteiger partial charge on any atom is 0.337 e. The standard InChI is InChI=1S/C21H20N4O3/c1-3-25(17-10-5-4-6-11-17)19-13-18(22-14-23-19)20(26)24-16-9-7-8-15(12-16)21(27)28-2/h4-14H,3H2,1-2H3,(H,24,26). The smallest absolute Gasteiger partial charge is 0.337 e. The molecule has 3 aromatic rings. The molecule has 0 radical (unpaired) electrons. The number of aromatic nitrogens is 2. The van der Waals surface area contributed by atoms with Gasteiger partial charge in [0.05, 0.1) is 12.7 Å². The van der Waals surface area contributed by atoms with Crippen LogP contribution in [-0.2, 0) is 4.74 Å². The Kier molecular flexibility index (Phi) is 5.96. The Hall–Kier alpha value is -3.74. The van der Waals surface area contributed by atoms with E-state index >= 15 is 0 Å². The zero-order chi connectivity index (χ0) is 19.9. The van der Waals surface area contributed by atoms with E-state index in [2.05, 4.69) is 15.3 Å². The first-order valence-corrected chi connectivity index (χ1v) is 8.76. The van der Waals surface area contributed by atoms with Crippen molar-refractivity contribution in [1.29, 1.82) is 0 Å². The number of para-hydroxylation sites is 1. The number of carbonyl (C=O) groups is 2. The zero-order valence-electron chi connectivity index (χ0n) is 15.6. The Bertz CT molecular complexity index is 976. The molecule has 0 saturated heterocycles. The molecule has 28 heavy (non-hydrogen) atoms. The van der Waals surface area contributed by atoms with E-state index in [1.54, 1.807) is 30.3 Å². The van der Waals surface area contributed by atoms with Gasteiger partial charge in [-0.3, -0.25) is 4.79 Å². The minimum Gasteiger partial charge on any atom is -0.465 e. The second-order valence-electron chi connectivity index (χ2n) is 5.87. The van der Waals surface area contributed by atoms with Crippen molar-refractivity contribution in [3.05, 3.63) is 78.2 Å². The summed E-state index contributed by atoms with van der Waals surface area (Å²) < 4.78 is 4.70. The van der Waals surface area contributed by atoms with Gasteiger partial charge in [0.25, 0.3) is 5.91 Å². The molecule has 0 fully saturated rings. The number of hydrogen-bond donors (Lipinski definition) is 1. The third kappa shape index (κ3) is 4.32. The van der Waals surface area contributed by atoms with Crippen molar-refractivity contribution in [1.82, 2.24) is 9.97 Å². The predicted molar refractivity (Wildman–Crippen MR) is 107 cm³/mol. The van der Waals surface area contributed by atoms with Gasteiger partial charge in [0.15, 0.2) is 0 Å². The molecule has 1 amide bonds. The van der Waals surface area contributed by atoms with Crippen molar-refractivity contribution < 1.29 is 14.3 Å². The van der Waals surface area contributed by atoms with Crippen molar-refractivity contribution in [2.45, 2.75) is 6.92 Å². The van der Waals surface area contributed by atoms with E-state index < -0.39 is 11.9 Å². The summed E-state index contributed by atoms with van der Waals surface area (Å²) in [6, 6.07) is 17.9. The van der Waals surface area contributed by atoms with Crippen molar-refractivity contribution >= 4 is 29.1 Å².